The lowest BCUT2D eigenvalue weighted by atomic mass is 10.1. The molecule has 0 spiro atoms. The zero-order valence-electron chi connectivity index (χ0n) is 14.2. The summed E-state index contributed by atoms with van der Waals surface area (Å²) in [6.07, 6.45) is 2.87. The van der Waals surface area contributed by atoms with Gasteiger partial charge in [0, 0.05) is 13.1 Å². The molecule has 1 amide bonds. The van der Waals surface area contributed by atoms with Gasteiger partial charge in [-0.25, -0.2) is 4.79 Å². The van der Waals surface area contributed by atoms with E-state index in [1.54, 1.807) is 12.1 Å². The van der Waals surface area contributed by atoms with E-state index in [0.29, 0.717) is 28.2 Å². The van der Waals surface area contributed by atoms with E-state index in [1.807, 2.05) is 13.0 Å². The summed E-state index contributed by atoms with van der Waals surface area (Å²) in [6.45, 7) is 3.80. The first-order chi connectivity index (χ1) is 12.1. The molecule has 2 aromatic rings. The summed E-state index contributed by atoms with van der Waals surface area (Å²) in [7, 11) is 1.34. The molecule has 1 saturated heterocycles. The molecule has 1 aliphatic heterocycles. The number of rotatable bonds is 5. The first-order valence-corrected chi connectivity index (χ1v) is 9.01. The predicted molar refractivity (Wildman–Crippen MR) is 96.5 cm³/mol. The molecular formula is C17H20N4O3S. The van der Waals surface area contributed by atoms with Crippen LogP contribution < -0.4 is 10.2 Å². The van der Waals surface area contributed by atoms with Gasteiger partial charge in [-0.1, -0.05) is 11.4 Å². The van der Waals surface area contributed by atoms with Gasteiger partial charge in [-0.15, -0.1) is 5.10 Å². The van der Waals surface area contributed by atoms with E-state index in [9.17, 15) is 9.59 Å². The molecule has 1 aliphatic rings. The highest BCUT2D eigenvalue weighted by Crippen LogP contribution is 2.31. The summed E-state index contributed by atoms with van der Waals surface area (Å²) < 4.78 is 8.65. The Bertz CT molecular complexity index is 784. The number of aromatic nitrogens is 2. The van der Waals surface area contributed by atoms with Gasteiger partial charge < -0.3 is 15.0 Å². The van der Waals surface area contributed by atoms with Gasteiger partial charge in [-0.2, -0.15) is 0 Å². The van der Waals surface area contributed by atoms with Crippen LogP contribution in [0.4, 0.5) is 11.4 Å². The Morgan fingerprint density at radius 3 is 2.76 bits per heavy atom. The number of esters is 1. The van der Waals surface area contributed by atoms with Crippen molar-refractivity contribution < 1.29 is 14.3 Å². The molecule has 8 heteroatoms. The Morgan fingerprint density at radius 2 is 2.08 bits per heavy atom. The maximum atomic E-state index is 12.7. The highest BCUT2D eigenvalue weighted by Gasteiger charge is 2.21. The topological polar surface area (TPSA) is 84.4 Å². The van der Waals surface area contributed by atoms with Gasteiger partial charge in [0.15, 0.2) is 0 Å². The van der Waals surface area contributed by atoms with Crippen molar-refractivity contribution >= 4 is 34.8 Å². The molecule has 25 heavy (non-hydrogen) atoms. The SMILES string of the molecule is CCc1nnsc1C(=O)Nc1cc(C(=O)OC)ccc1N1CCCC1. The zero-order chi connectivity index (χ0) is 17.8. The van der Waals surface area contributed by atoms with Gasteiger partial charge in [0.2, 0.25) is 0 Å². The van der Waals surface area contributed by atoms with Gasteiger partial charge in [0.1, 0.15) is 4.88 Å². The second-order valence-corrected chi connectivity index (χ2v) is 6.53. The van der Waals surface area contributed by atoms with Crippen molar-refractivity contribution in [3.8, 4) is 0 Å². The quantitative estimate of drug-likeness (QED) is 0.826. The van der Waals surface area contributed by atoms with Crippen molar-refractivity contribution in [3.05, 3.63) is 34.3 Å². The monoisotopic (exact) mass is 360 g/mol. The van der Waals surface area contributed by atoms with Crippen molar-refractivity contribution in [1.29, 1.82) is 0 Å². The summed E-state index contributed by atoms with van der Waals surface area (Å²) in [6, 6.07) is 5.25. The predicted octanol–water partition coefficient (Wildman–Crippen LogP) is 2.74. The van der Waals surface area contributed by atoms with E-state index in [1.165, 1.54) is 7.11 Å². The van der Waals surface area contributed by atoms with Crippen LogP contribution in [0.5, 0.6) is 0 Å². The molecule has 0 unspecified atom stereocenters. The van der Waals surface area contributed by atoms with Crippen molar-refractivity contribution in [2.24, 2.45) is 0 Å². The van der Waals surface area contributed by atoms with E-state index in [0.717, 1.165) is 43.2 Å². The molecule has 1 aromatic heterocycles. The number of nitrogens with zero attached hydrogens (tertiary/aromatic N) is 3. The third-order valence-corrected chi connectivity index (χ3v) is 4.98. The van der Waals surface area contributed by atoms with Crippen LogP contribution in [0.25, 0.3) is 0 Å². The van der Waals surface area contributed by atoms with Gasteiger partial charge >= 0.3 is 5.97 Å². The first kappa shape index (κ1) is 17.3. The van der Waals surface area contributed by atoms with Crippen molar-refractivity contribution in [2.45, 2.75) is 26.2 Å². The molecule has 2 heterocycles. The molecule has 1 fully saturated rings. The zero-order valence-corrected chi connectivity index (χ0v) is 15.1. The maximum Gasteiger partial charge on any atom is 0.337 e. The number of carbonyl (C=O) groups is 2. The minimum atomic E-state index is -0.433. The summed E-state index contributed by atoms with van der Waals surface area (Å²) in [4.78, 5) is 27.2. The summed E-state index contributed by atoms with van der Waals surface area (Å²) in [5.41, 5.74) is 2.59. The van der Waals surface area contributed by atoms with Gasteiger partial charge in [0.05, 0.1) is 29.7 Å². The lowest BCUT2D eigenvalue weighted by Gasteiger charge is -2.22. The molecule has 1 aromatic carbocycles. The lowest BCUT2D eigenvalue weighted by molar-refractivity contribution is 0.0600. The minimum absolute atomic E-state index is 0.255. The van der Waals surface area contributed by atoms with E-state index >= 15 is 0 Å². The van der Waals surface area contributed by atoms with E-state index in [-0.39, 0.29) is 5.91 Å². The maximum absolute atomic E-state index is 12.7. The van der Waals surface area contributed by atoms with Crippen LogP contribution in [-0.4, -0.2) is 41.7 Å². The molecule has 132 valence electrons. The number of aryl methyl sites for hydroxylation is 1. The fraction of sp³-hybridized carbons (Fsp3) is 0.412. The molecule has 0 aliphatic carbocycles. The Balaban J connectivity index is 1.93. The van der Waals surface area contributed by atoms with Crippen LogP contribution in [0.1, 0.15) is 45.5 Å². The number of carbonyl (C=O) groups excluding carboxylic acids is 2. The number of anilines is 2. The number of amides is 1. The average molecular weight is 360 g/mol. The summed E-state index contributed by atoms with van der Waals surface area (Å²) in [5.74, 6) is -0.688. The van der Waals surface area contributed by atoms with Crippen LogP contribution in [-0.2, 0) is 11.2 Å². The van der Waals surface area contributed by atoms with Crippen LogP contribution in [0.3, 0.4) is 0 Å². The Morgan fingerprint density at radius 1 is 1.32 bits per heavy atom. The fourth-order valence-electron chi connectivity index (χ4n) is 2.91. The van der Waals surface area contributed by atoms with Crippen molar-refractivity contribution in [2.75, 3.05) is 30.4 Å². The molecule has 7 nitrogen and oxygen atoms in total. The van der Waals surface area contributed by atoms with Crippen molar-refractivity contribution in [1.82, 2.24) is 9.59 Å². The Hall–Kier alpha value is -2.48. The standard InChI is InChI=1S/C17H20N4O3S/c1-3-12-15(25-20-19-12)16(22)18-13-10-11(17(23)24-2)6-7-14(13)21-8-4-5-9-21/h6-7,10H,3-5,8-9H2,1-2H3,(H,18,22). The second-order valence-electron chi connectivity index (χ2n) is 5.77. The number of hydrogen-bond donors (Lipinski definition) is 1. The minimum Gasteiger partial charge on any atom is -0.465 e. The fourth-order valence-corrected chi connectivity index (χ4v) is 3.55. The average Bonchev–Trinajstić information content (AvgIpc) is 3.32. The first-order valence-electron chi connectivity index (χ1n) is 8.24. The molecule has 3 rings (SSSR count). The lowest BCUT2D eigenvalue weighted by Crippen LogP contribution is -2.21. The number of methoxy groups -OCH3 is 1. The van der Waals surface area contributed by atoms with Crippen LogP contribution >= 0.6 is 11.5 Å². The highest BCUT2D eigenvalue weighted by molar-refractivity contribution is 7.08. The summed E-state index contributed by atoms with van der Waals surface area (Å²) in [5, 5.41) is 6.91. The van der Waals surface area contributed by atoms with E-state index in [2.05, 4.69) is 19.8 Å². The van der Waals surface area contributed by atoms with E-state index < -0.39 is 5.97 Å². The Labute approximate surface area is 150 Å². The van der Waals surface area contributed by atoms with Crippen LogP contribution in [0.2, 0.25) is 0 Å². The third-order valence-electron chi connectivity index (χ3n) is 4.21. The second kappa shape index (κ2) is 7.60. The molecule has 0 bridgehead atoms. The smallest absolute Gasteiger partial charge is 0.337 e. The molecule has 0 atom stereocenters. The van der Waals surface area contributed by atoms with Crippen LogP contribution in [0, 0.1) is 0 Å². The highest BCUT2D eigenvalue weighted by atomic mass is 32.1. The molecular weight excluding hydrogens is 340 g/mol. The van der Waals surface area contributed by atoms with E-state index in [4.69, 9.17) is 4.74 Å². The van der Waals surface area contributed by atoms with Crippen LogP contribution in [0.15, 0.2) is 18.2 Å². The van der Waals surface area contributed by atoms with Gasteiger partial charge in [0.25, 0.3) is 5.91 Å². The number of nitrogens with one attached hydrogen (secondary N) is 1. The third kappa shape index (κ3) is 3.63. The van der Waals surface area contributed by atoms with Gasteiger partial charge in [-0.05, 0) is 49.0 Å². The number of benzene rings is 1. The molecule has 1 N–H and O–H groups in total. The number of ether oxygens (including phenoxy) is 1. The van der Waals surface area contributed by atoms with Gasteiger partial charge in [-0.3, -0.25) is 4.79 Å². The molecule has 0 radical (unpaired) electrons. The van der Waals surface area contributed by atoms with Crippen molar-refractivity contribution in [3.63, 3.8) is 0 Å². The summed E-state index contributed by atoms with van der Waals surface area (Å²) >= 11 is 1.08. The number of hydrogen-bond acceptors (Lipinski definition) is 7. The molecule has 0 saturated carbocycles. The Kier molecular flexibility index (Phi) is 5.28. The normalized spacial score (nSPS) is 13.8. The largest absolute Gasteiger partial charge is 0.465 e.